The molecule has 1 heterocycles. The summed E-state index contributed by atoms with van der Waals surface area (Å²) in [6.45, 7) is 12.7. The number of aromatic nitrogens is 1. The topological polar surface area (TPSA) is 43.5 Å². The molecule has 0 atom stereocenters. The average Bonchev–Trinajstić information content (AvgIpc) is 2.36. The number of carbonyl (C=O) groups excluding carboxylic acids is 1. The van der Waals surface area contributed by atoms with Crippen molar-refractivity contribution in [2.45, 2.75) is 26.3 Å². The fourth-order valence-electron chi connectivity index (χ4n) is 1.40. The molecular weight excluding hydrogens is 264 g/mol. The van der Waals surface area contributed by atoms with Crippen molar-refractivity contribution < 1.29 is 9.53 Å². The van der Waals surface area contributed by atoms with Crippen molar-refractivity contribution in [1.29, 1.82) is 0 Å². The molecule has 1 aromatic heterocycles. The maximum absolute atomic E-state index is 11.2. The van der Waals surface area contributed by atoms with E-state index >= 15 is 0 Å². The van der Waals surface area contributed by atoms with E-state index in [9.17, 15) is 4.79 Å². The summed E-state index contributed by atoms with van der Waals surface area (Å²) in [6, 6.07) is 1.67. The summed E-state index contributed by atoms with van der Waals surface area (Å²) in [6.07, 6.45) is 4.46. The average molecular weight is 279 g/mol. The van der Waals surface area contributed by atoms with Crippen molar-refractivity contribution >= 4 is 23.6 Å². The molecule has 0 radical (unpaired) electrons. The molecule has 1 rings (SSSR count). The van der Waals surface area contributed by atoms with Crippen LogP contribution in [0.5, 0.6) is 0 Å². The highest BCUT2D eigenvalue weighted by molar-refractivity contribution is 6.31. The Morgan fingerprint density at radius 2 is 2.32 bits per heavy atom. The first-order chi connectivity index (χ1) is 8.90. The molecule has 0 spiro atoms. The van der Waals surface area contributed by atoms with Crippen molar-refractivity contribution in [3.05, 3.63) is 46.0 Å². The molecule has 19 heavy (non-hydrogen) atoms. The van der Waals surface area contributed by atoms with Crippen LogP contribution in [0.25, 0.3) is 10.9 Å². The number of nitrogens with zero attached hydrogens (tertiary/aromatic N) is 2. The third kappa shape index (κ3) is 4.08. The fourth-order valence-corrected chi connectivity index (χ4v) is 1.81. The molecule has 0 aromatic carbocycles. The van der Waals surface area contributed by atoms with E-state index in [-0.39, 0.29) is 0 Å². The number of hydrogen-bond acceptors (Lipinski definition) is 3. The SMILES string of the molecule is [C-]#[N+]C(C)(C)c1ncc(/C=C/C(=O)OCC)cc1Cl. The number of hydrogen-bond donors (Lipinski definition) is 0. The number of pyridine rings is 1. The summed E-state index contributed by atoms with van der Waals surface area (Å²) in [7, 11) is 0. The minimum atomic E-state index is -0.763. The van der Waals surface area contributed by atoms with Crippen molar-refractivity contribution in [2.75, 3.05) is 6.61 Å². The number of rotatable bonds is 4. The van der Waals surface area contributed by atoms with Crippen LogP contribution in [0, 0.1) is 6.57 Å². The number of esters is 1. The monoisotopic (exact) mass is 278 g/mol. The summed E-state index contributed by atoms with van der Waals surface area (Å²) < 4.78 is 4.77. The Kier molecular flexibility index (Phi) is 5.08. The molecule has 0 amide bonds. The highest BCUT2D eigenvalue weighted by atomic mass is 35.5. The van der Waals surface area contributed by atoms with Crippen LogP contribution in [0.15, 0.2) is 18.3 Å². The first kappa shape index (κ1) is 15.2. The molecule has 0 N–H and O–H groups in total. The Labute approximate surface area is 117 Å². The minimum Gasteiger partial charge on any atom is -0.463 e. The Morgan fingerprint density at radius 3 is 2.84 bits per heavy atom. The highest BCUT2D eigenvalue weighted by Gasteiger charge is 2.30. The summed E-state index contributed by atoms with van der Waals surface area (Å²) in [5.74, 6) is -0.413. The number of halogens is 1. The predicted molar refractivity (Wildman–Crippen MR) is 74.5 cm³/mol. The van der Waals surface area contributed by atoms with Gasteiger partial charge in [0.1, 0.15) is 5.69 Å². The van der Waals surface area contributed by atoms with Gasteiger partial charge < -0.3 is 9.58 Å². The molecule has 100 valence electrons. The Hall–Kier alpha value is -1.86. The second-order valence-corrected chi connectivity index (χ2v) is 4.76. The van der Waals surface area contributed by atoms with Gasteiger partial charge in [0.2, 0.25) is 0 Å². The van der Waals surface area contributed by atoms with Crippen molar-refractivity contribution in [2.24, 2.45) is 0 Å². The maximum atomic E-state index is 11.2. The zero-order valence-electron chi connectivity index (χ0n) is 11.1. The van der Waals surface area contributed by atoms with Gasteiger partial charge in [-0.15, -0.1) is 0 Å². The van der Waals surface area contributed by atoms with Gasteiger partial charge in [-0.1, -0.05) is 11.6 Å². The summed E-state index contributed by atoms with van der Waals surface area (Å²) in [5, 5.41) is 0.409. The summed E-state index contributed by atoms with van der Waals surface area (Å²) in [5.41, 5.74) is 0.445. The van der Waals surface area contributed by atoms with Crippen LogP contribution < -0.4 is 0 Å². The lowest BCUT2D eigenvalue weighted by Gasteiger charge is -2.12. The van der Waals surface area contributed by atoms with Crippen molar-refractivity contribution in [1.82, 2.24) is 4.98 Å². The van der Waals surface area contributed by atoms with E-state index in [4.69, 9.17) is 22.9 Å². The normalized spacial score (nSPS) is 11.3. The van der Waals surface area contributed by atoms with E-state index in [1.807, 2.05) is 0 Å². The van der Waals surface area contributed by atoms with E-state index in [0.717, 1.165) is 0 Å². The van der Waals surface area contributed by atoms with Crippen LogP contribution in [0.1, 0.15) is 32.0 Å². The van der Waals surface area contributed by atoms with Gasteiger partial charge >= 0.3 is 5.97 Å². The van der Waals surface area contributed by atoms with Crippen LogP contribution >= 0.6 is 11.6 Å². The van der Waals surface area contributed by atoms with E-state index < -0.39 is 11.5 Å². The predicted octanol–water partition coefficient (Wildman–Crippen LogP) is 3.47. The second kappa shape index (κ2) is 6.35. The van der Waals surface area contributed by atoms with Gasteiger partial charge in [-0.3, -0.25) is 4.98 Å². The minimum absolute atomic E-state index is 0.334. The standard InChI is InChI=1S/C14H15ClN2O2/c1-5-19-12(18)7-6-10-8-11(15)13(17-9-10)14(2,3)16-4/h6-9H,5H2,1-3H3/b7-6+. The molecule has 0 unspecified atom stereocenters. The van der Waals surface area contributed by atoms with Crippen molar-refractivity contribution in [3.8, 4) is 0 Å². The van der Waals surface area contributed by atoms with Gasteiger partial charge in [0.25, 0.3) is 5.54 Å². The Morgan fingerprint density at radius 1 is 1.63 bits per heavy atom. The lowest BCUT2D eigenvalue weighted by molar-refractivity contribution is -0.137. The second-order valence-electron chi connectivity index (χ2n) is 4.36. The Bertz CT molecular complexity index is 545. The first-order valence-corrected chi connectivity index (χ1v) is 6.18. The van der Waals surface area contributed by atoms with Gasteiger partial charge in [-0.25, -0.2) is 11.4 Å². The molecule has 4 nitrogen and oxygen atoms in total. The van der Waals surface area contributed by atoms with Crippen LogP contribution in [0.3, 0.4) is 0 Å². The molecule has 0 bridgehead atoms. The van der Waals surface area contributed by atoms with Crippen LogP contribution in [-0.2, 0) is 15.1 Å². The zero-order chi connectivity index (χ0) is 14.5. The fraction of sp³-hybridized carbons (Fsp3) is 0.357. The van der Waals surface area contributed by atoms with E-state index in [1.54, 1.807) is 39.1 Å². The summed E-state index contributed by atoms with van der Waals surface area (Å²) >= 11 is 6.11. The molecule has 1 aromatic rings. The van der Waals surface area contributed by atoms with Crippen molar-refractivity contribution in [3.63, 3.8) is 0 Å². The lowest BCUT2D eigenvalue weighted by atomic mass is 10.0. The van der Waals surface area contributed by atoms with E-state index in [0.29, 0.717) is 22.9 Å². The molecule has 0 aliphatic carbocycles. The molecular formula is C14H15ClN2O2. The quantitative estimate of drug-likeness (QED) is 0.481. The van der Waals surface area contributed by atoms with Gasteiger partial charge in [0.05, 0.1) is 11.6 Å². The molecule has 5 heteroatoms. The highest BCUT2D eigenvalue weighted by Crippen LogP contribution is 2.29. The van der Waals surface area contributed by atoms with Gasteiger partial charge in [0.15, 0.2) is 0 Å². The number of carbonyl (C=O) groups is 1. The molecule has 0 aliphatic rings. The van der Waals surface area contributed by atoms with Crippen LogP contribution in [-0.4, -0.2) is 17.6 Å². The maximum Gasteiger partial charge on any atom is 0.330 e. The molecule has 0 aliphatic heterocycles. The first-order valence-electron chi connectivity index (χ1n) is 5.80. The van der Waals surface area contributed by atoms with E-state index in [1.165, 1.54) is 6.08 Å². The number of ether oxygens (including phenoxy) is 1. The smallest absolute Gasteiger partial charge is 0.330 e. The molecule has 0 saturated heterocycles. The van der Waals surface area contributed by atoms with Crippen LogP contribution in [0.2, 0.25) is 5.02 Å². The summed E-state index contributed by atoms with van der Waals surface area (Å²) in [4.78, 5) is 18.9. The largest absolute Gasteiger partial charge is 0.463 e. The van der Waals surface area contributed by atoms with Gasteiger partial charge in [-0.2, -0.15) is 0 Å². The van der Waals surface area contributed by atoms with Gasteiger partial charge in [-0.05, 0) is 24.6 Å². The third-order valence-electron chi connectivity index (χ3n) is 2.42. The zero-order valence-corrected chi connectivity index (χ0v) is 11.9. The third-order valence-corrected chi connectivity index (χ3v) is 2.71. The van der Waals surface area contributed by atoms with E-state index in [2.05, 4.69) is 9.83 Å². The molecule has 0 saturated carbocycles. The lowest BCUT2D eigenvalue weighted by Crippen LogP contribution is -2.14. The Balaban J connectivity index is 2.96. The van der Waals surface area contributed by atoms with Gasteiger partial charge in [0, 0.05) is 26.1 Å². The van der Waals surface area contributed by atoms with Crippen LogP contribution in [0.4, 0.5) is 0 Å². The molecule has 0 fully saturated rings.